The lowest BCUT2D eigenvalue weighted by atomic mass is 10.4. The van der Waals surface area contributed by atoms with E-state index in [9.17, 15) is 4.79 Å². The van der Waals surface area contributed by atoms with Gasteiger partial charge in [-0.2, -0.15) is 0 Å². The third-order valence-electron chi connectivity index (χ3n) is 1.33. The van der Waals surface area contributed by atoms with Crippen molar-refractivity contribution in [2.24, 2.45) is 0 Å². The van der Waals surface area contributed by atoms with Crippen LogP contribution in [0.5, 0.6) is 0 Å². The van der Waals surface area contributed by atoms with Crippen LogP contribution in [0.3, 0.4) is 0 Å². The average molecular weight is 146 g/mol. The van der Waals surface area contributed by atoms with Crippen LogP contribution in [-0.2, 0) is 9.22 Å². The molecular formula is C6H14O2Si. The van der Waals surface area contributed by atoms with E-state index < -0.39 is 9.04 Å². The molecule has 0 N–H and O–H groups in total. The minimum absolute atomic E-state index is 0.695. The first-order chi connectivity index (χ1) is 4.31. The quantitative estimate of drug-likeness (QED) is 0.328. The Hall–Kier alpha value is -0.153. The minimum atomic E-state index is -0.872. The second-order valence-corrected chi connectivity index (χ2v) is 4.81. The highest BCUT2D eigenvalue weighted by molar-refractivity contribution is 6.50. The Kier molecular flexibility index (Phi) is 5.87. The summed E-state index contributed by atoms with van der Waals surface area (Å²) in [5, 5.41) is 0. The van der Waals surface area contributed by atoms with E-state index in [0.717, 1.165) is 18.8 Å². The zero-order valence-electron chi connectivity index (χ0n) is 6.09. The van der Waals surface area contributed by atoms with E-state index in [-0.39, 0.29) is 0 Å². The molecule has 9 heavy (non-hydrogen) atoms. The molecule has 0 aliphatic heterocycles. The molecular weight excluding hydrogens is 132 g/mol. The molecule has 0 aliphatic carbocycles. The molecule has 2 nitrogen and oxygen atoms in total. The molecule has 3 heteroatoms. The molecule has 0 aliphatic rings. The minimum Gasteiger partial charge on any atom is -0.423 e. The van der Waals surface area contributed by atoms with Gasteiger partial charge in [-0.1, -0.05) is 0 Å². The number of aldehydes is 1. The molecule has 0 aromatic carbocycles. The maximum Gasteiger partial charge on any atom is 0.173 e. The van der Waals surface area contributed by atoms with Crippen molar-refractivity contribution in [3.8, 4) is 0 Å². The predicted molar refractivity (Wildman–Crippen MR) is 40.1 cm³/mol. The van der Waals surface area contributed by atoms with Crippen LogP contribution in [0.25, 0.3) is 0 Å². The standard InChI is InChI=1S/C6H14O2Si/c1-8-9(2)6-4-3-5-7/h5,9H,3-4,6H2,1-2H3. The number of hydrogen-bond acceptors (Lipinski definition) is 2. The highest BCUT2D eigenvalue weighted by Crippen LogP contribution is 1.99. The maximum atomic E-state index is 9.85. The maximum absolute atomic E-state index is 9.85. The van der Waals surface area contributed by atoms with Crippen molar-refractivity contribution in [3.63, 3.8) is 0 Å². The summed E-state index contributed by atoms with van der Waals surface area (Å²) in [4.78, 5) is 9.85. The molecule has 0 spiro atoms. The van der Waals surface area contributed by atoms with Gasteiger partial charge >= 0.3 is 0 Å². The van der Waals surface area contributed by atoms with E-state index >= 15 is 0 Å². The molecule has 0 heterocycles. The monoisotopic (exact) mass is 146 g/mol. The topological polar surface area (TPSA) is 26.3 Å². The zero-order chi connectivity index (χ0) is 7.11. The second kappa shape index (κ2) is 5.97. The van der Waals surface area contributed by atoms with E-state index in [4.69, 9.17) is 4.43 Å². The van der Waals surface area contributed by atoms with Crippen LogP contribution in [0.1, 0.15) is 12.8 Å². The largest absolute Gasteiger partial charge is 0.423 e. The Labute approximate surface area is 57.9 Å². The summed E-state index contributed by atoms with van der Waals surface area (Å²) in [6.07, 6.45) is 2.67. The smallest absolute Gasteiger partial charge is 0.173 e. The van der Waals surface area contributed by atoms with Crippen LogP contribution in [0.2, 0.25) is 12.6 Å². The van der Waals surface area contributed by atoms with Gasteiger partial charge in [0.15, 0.2) is 9.04 Å². The van der Waals surface area contributed by atoms with Gasteiger partial charge < -0.3 is 9.22 Å². The SMILES string of the molecule is CO[SiH](C)CCCC=O. The molecule has 54 valence electrons. The van der Waals surface area contributed by atoms with Gasteiger partial charge in [0.1, 0.15) is 6.29 Å². The Morgan fingerprint density at radius 1 is 1.67 bits per heavy atom. The number of hydrogen-bond donors (Lipinski definition) is 0. The molecule has 0 amide bonds. The molecule has 1 unspecified atom stereocenters. The molecule has 0 saturated carbocycles. The first-order valence-electron chi connectivity index (χ1n) is 3.27. The van der Waals surface area contributed by atoms with Crippen molar-refractivity contribution < 1.29 is 9.22 Å². The zero-order valence-corrected chi connectivity index (χ0v) is 7.25. The van der Waals surface area contributed by atoms with Gasteiger partial charge in [-0.3, -0.25) is 0 Å². The van der Waals surface area contributed by atoms with Crippen LogP contribution in [0, 0.1) is 0 Å². The second-order valence-electron chi connectivity index (χ2n) is 2.14. The van der Waals surface area contributed by atoms with Crippen LogP contribution >= 0.6 is 0 Å². The number of carbonyl (C=O) groups is 1. The first-order valence-corrected chi connectivity index (χ1v) is 5.72. The normalized spacial score (nSPS) is 13.1. The van der Waals surface area contributed by atoms with E-state index in [1.807, 2.05) is 0 Å². The van der Waals surface area contributed by atoms with Gasteiger partial charge in [-0.05, 0) is 19.0 Å². The van der Waals surface area contributed by atoms with Gasteiger partial charge in [0.2, 0.25) is 0 Å². The number of carbonyl (C=O) groups excluding carboxylic acids is 1. The summed E-state index contributed by atoms with van der Waals surface area (Å²) in [5.41, 5.74) is 0. The van der Waals surface area contributed by atoms with Gasteiger partial charge in [-0.25, -0.2) is 0 Å². The lowest BCUT2D eigenvalue weighted by molar-refractivity contribution is -0.107. The summed E-state index contributed by atoms with van der Waals surface area (Å²) in [6.45, 7) is 2.14. The van der Waals surface area contributed by atoms with Crippen LogP contribution in [0.15, 0.2) is 0 Å². The number of unbranched alkanes of at least 4 members (excludes halogenated alkanes) is 1. The molecule has 0 fully saturated rings. The summed E-state index contributed by atoms with van der Waals surface area (Å²) in [5.74, 6) is 0. The highest BCUT2D eigenvalue weighted by atomic mass is 28.3. The van der Waals surface area contributed by atoms with E-state index in [2.05, 4.69) is 6.55 Å². The fourth-order valence-corrected chi connectivity index (χ4v) is 1.65. The molecule has 0 saturated heterocycles. The fraction of sp³-hybridized carbons (Fsp3) is 0.833. The third-order valence-corrected chi connectivity index (χ3v) is 3.36. The Bertz CT molecular complexity index is 75.5. The predicted octanol–water partition coefficient (Wildman–Crippen LogP) is 0.965. The van der Waals surface area contributed by atoms with Crippen molar-refractivity contribution in [3.05, 3.63) is 0 Å². The summed E-state index contributed by atoms with van der Waals surface area (Å²) < 4.78 is 5.12. The first kappa shape index (κ1) is 8.85. The van der Waals surface area contributed by atoms with Gasteiger partial charge in [-0.15, -0.1) is 0 Å². The van der Waals surface area contributed by atoms with Gasteiger partial charge in [0, 0.05) is 13.5 Å². The van der Waals surface area contributed by atoms with Gasteiger partial charge in [0.05, 0.1) is 0 Å². The van der Waals surface area contributed by atoms with E-state index in [0.29, 0.717) is 6.42 Å². The fourth-order valence-electron chi connectivity index (χ4n) is 0.606. The average Bonchev–Trinajstić information content (AvgIpc) is 1.89. The van der Waals surface area contributed by atoms with Crippen LogP contribution in [0.4, 0.5) is 0 Å². The Morgan fingerprint density at radius 3 is 2.78 bits per heavy atom. The lowest BCUT2D eigenvalue weighted by Gasteiger charge is -2.03. The van der Waals surface area contributed by atoms with E-state index in [1.165, 1.54) is 0 Å². The molecule has 0 bridgehead atoms. The van der Waals surface area contributed by atoms with Crippen molar-refractivity contribution in [1.82, 2.24) is 0 Å². The van der Waals surface area contributed by atoms with Gasteiger partial charge in [0.25, 0.3) is 0 Å². The van der Waals surface area contributed by atoms with E-state index in [1.54, 1.807) is 7.11 Å². The molecule has 0 radical (unpaired) electrons. The molecule has 0 aromatic heterocycles. The van der Waals surface area contributed by atoms with Crippen molar-refractivity contribution in [1.29, 1.82) is 0 Å². The van der Waals surface area contributed by atoms with Crippen LogP contribution in [-0.4, -0.2) is 22.4 Å². The van der Waals surface area contributed by atoms with Crippen molar-refractivity contribution in [2.75, 3.05) is 7.11 Å². The Balaban J connectivity index is 2.96. The third kappa shape index (κ3) is 5.72. The summed E-state index contributed by atoms with van der Waals surface area (Å²) >= 11 is 0. The Morgan fingerprint density at radius 2 is 2.33 bits per heavy atom. The van der Waals surface area contributed by atoms with Crippen molar-refractivity contribution in [2.45, 2.75) is 25.4 Å². The summed E-state index contributed by atoms with van der Waals surface area (Å²) in [7, 11) is 0.876. The molecule has 0 rings (SSSR count). The molecule has 0 aromatic rings. The van der Waals surface area contributed by atoms with Crippen LogP contribution < -0.4 is 0 Å². The highest BCUT2D eigenvalue weighted by Gasteiger charge is 1.99. The lowest BCUT2D eigenvalue weighted by Crippen LogP contribution is -2.08. The molecule has 1 atom stereocenters. The number of rotatable bonds is 5. The summed E-state index contributed by atoms with van der Waals surface area (Å²) in [6, 6.07) is 1.12. The van der Waals surface area contributed by atoms with Crippen molar-refractivity contribution >= 4 is 15.3 Å².